The van der Waals surface area contributed by atoms with E-state index in [0.29, 0.717) is 11.5 Å². The van der Waals surface area contributed by atoms with Crippen molar-refractivity contribution in [3.8, 4) is 11.5 Å². The first-order valence-electron chi connectivity index (χ1n) is 15.1. The normalized spacial score (nSPS) is 12.2. The van der Waals surface area contributed by atoms with Crippen LogP contribution in [0.2, 0.25) is 0 Å². The fourth-order valence-electron chi connectivity index (χ4n) is 3.96. The van der Waals surface area contributed by atoms with E-state index in [2.05, 4.69) is 27.0 Å². The van der Waals surface area contributed by atoms with Crippen molar-refractivity contribution in [2.75, 3.05) is 39.6 Å². The van der Waals surface area contributed by atoms with Crippen molar-refractivity contribution >= 4 is 23.9 Å². The van der Waals surface area contributed by atoms with Crippen LogP contribution in [0.25, 0.3) is 0 Å². The molecule has 0 radical (unpaired) electrons. The summed E-state index contributed by atoms with van der Waals surface area (Å²) in [7, 11) is 0. The van der Waals surface area contributed by atoms with Crippen LogP contribution in [0.3, 0.4) is 0 Å². The van der Waals surface area contributed by atoms with E-state index in [1.54, 1.807) is 24.3 Å². The second-order valence-electron chi connectivity index (χ2n) is 10.9. The molecule has 2 aromatic carbocycles. The fourth-order valence-corrected chi connectivity index (χ4v) is 3.96. The van der Waals surface area contributed by atoms with E-state index in [9.17, 15) is 29.4 Å². The van der Waals surface area contributed by atoms with Crippen molar-refractivity contribution < 1.29 is 57.8 Å². The molecule has 0 amide bonds. The van der Waals surface area contributed by atoms with Crippen molar-refractivity contribution in [3.05, 3.63) is 85.0 Å². The minimum Gasteiger partial charge on any atom is -0.491 e. The maximum atomic E-state index is 11.8. The van der Waals surface area contributed by atoms with Crippen molar-refractivity contribution in [2.45, 2.75) is 57.2 Å². The number of aliphatic hydroxyl groups excluding tert-OH is 2. The first-order chi connectivity index (χ1) is 22.4. The van der Waals surface area contributed by atoms with Crippen molar-refractivity contribution in [2.24, 2.45) is 0 Å². The molecule has 0 fully saturated rings. The van der Waals surface area contributed by atoms with E-state index in [1.807, 2.05) is 24.3 Å². The molecule has 0 bridgehead atoms. The van der Waals surface area contributed by atoms with Crippen molar-refractivity contribution in [1.82, 2.24) is 0 Å². The number of hydrogen-bond acceptors (Lipinski definition) is 12. The number of benzene rings is 2. The highest BCUT2D eigenvalue weighted by Gasteiger charge is 2.23. The van der Waals surface area contributed by atoms with Crippen LogP contribution in [0.5, 0.6) is 11.5 Å². The summed E-state index contributed by atoms with van der Waals surface area (Å²) >= 11 is 0. The topological polar surface area (TPSA) is 164 Å². The maximum absolute atomic E-state index is 11.8. The van der Waals surface area contributed by atoms with Crippen LogP contribution in [0.15, 0.2) is 73.8 Å². The van der Waals surface area contributed by atoms with Gasteiger partial charge in [0.05, 0.1) is 25.7 Å². The lowest BCUT2D eigenvalue weighted by Crippen LogP contribution is -2.25. The lowest BCUT2D eigenvalue weighted by Gasteiger charge is -2.26. The number of hydrogen-bond donors (Lipinski definition) is 2. The van der Waals surface area contributed by atoms with E-state index in [0.717, 1.165) is 11.1 Å². The van der Waals surface area contributed by atoms with Gasteiger partial charge in [-0.1, -0.05) is 63.4 Å². The third-order valence-electron chi connectivity index (χ3n) is 6.70. The van der Waals surface area contributed by atoms with Crippen LogP contribution in [0, 0.1) is 0 Å². The molecule has 0 aromatic heterocycles. The van der Waals surface area contributed by atoms with E-state index in [-0.39, 0.29) is 70.7 Å². The van der Waals surface area contributed by atoms with Gasteiger partial charge in [0.1, 0.15) is 63.3 Å². The summed E-state index contributed by atoms with van der Waals surface area (Å²) in [6.07, 6.45) is 0.207. The Hall–Kier alpha value is -4.68. The Morgan fingerprint density at radius 2 is 0.915 bits per heavy atom. The van der Waals surface area contributed by atoms with Crippen LogP contribution in [-0.4, -0.2) is 85.9 Å². The summed E-state index contributed by atoms with van der Waals surface area (Å²) in [6, 6.07) is 14.8. The minimum absolute atomic E-state index is 0.0732. The highest BCUT2D eigenvalue weighted by molar-refractivity contribution is 5.78. The quantitative estimate of drug-likeness (QED) is 0.108. The van der Waals surface area contributed by atoms with E-state index >= 15 is 0 Å². The number of carbonyl (C=O) groups excluding carboxylic acids is 4. The summed E-state index contributed by atoms with van der Waals surface area (Å²) in [5.74, 6) is -1.27. The van der Waals surface area contributed by atoms with E-state index < -0.39 is 36.1 Å². The lowest BCUT2D eigenvalue weighted by molar-refractivity contribution is -0.151. The molecule has 2 atom stereocenters. The molecule has 0 unspecified atom stereocenters. The summed E-state index contributed by atoms with van der Waals surface area (Å²) in [4.78, 5) is 46.4. The lowest BCUT2D eigenvalue weighted by atomic mass is 9.78. The molecule has 2 aromatic rings. The smallest absolute Gasteiger partial charge is 0.306 e. The Morgan fingerprint density at radius 3 is 1.23 bits per heavy atom. The Bertz CT molecular complexity index is 1200. The average Bonchev–Trinajstić information content (AvgIpc) is 3.07. The van der Waals surface area contributed by atoms with Gasteiger partial charge in [-0.3, -0.25) is 19.2 Å². The molecule has 0 spiro atoms. The molecule has 0 heterocycles. The monoisotopic (exact) mass is 656 g/mol. The van der Waals surface area contributed by atoms with Gasteiger partial charge in [-0.15, -0.1) is 0 Å². The SMILES string of the molecule is C=CCOC(=O)CCC(=O)OC[C@@H](O)COc1ccc(C(C)(C)c2ccc(OC[C@@H](O)COC(=O)CCC(=O)OCC=C)cc2)cc1. The van der Waals surface area contributed by atoms with Crippen molar-refractivity contribution in [1.29, 1.82) is 0 Å². The standard InChI is InChI=1S/C35H44O12/c1-5-19-42-31(38)15-17-33(40)46-23-27(36)21-44-29-11-7-25(8-12-29)35(3,4)26-9-13-30(14-10-26)45-22-28(37)24-47-34(41)18-16-32(39)43-20-6-2/h5-14,27-28,36-37H,1-2,15-24H2,3-4H3/t27-,28+. The van der Waals surface area contributed by atoms with Crippen LogP contribution in [-0.2, 0) is 43.5 Å². The minimum atomic E-state index is -1.05. The summed E-state index contributed by atoms with van der Waals surface area (Å²) in [5, 5.41) is 20.2. The molecule has 12 heteroatoms. The third kappa shape index (κ3) is 15.0. The van der Waals surface area contributed by atoms with E-state index in [4.69, 9.17) is 28.4 Å². The third-order valence-corrected chi connectivity index (χ3v) is 6.70. The van der Waals surface area contributed by atoms with Crippen LogP contribution in [0.1, 0.15) is 50.7 Å². The molecule has 2 N–H and O–H groups in total. The molecule has 0 aliphatic rings. The molecule has 0 aliphatic heterocycles. The molecule has 256 valence electrons. The van der Waals surface area contributed by atoms with Gasteiger partial charge >= 0.3 is 23.9 Å². The first-order valence-corrected chi connectivity index (χ1v) is 15.1. The average molecular weight is 657 g/mol. The molecule has 2 rings (SSSR count). The maximum Gasteiger partial charge on any atom is 0.306 e. The van der Waals surface area contributed by atoms with Gasteiger partial charge in [0.2, 0.25) is 0 Å². The zero-order valence-corrected chi connectivity index (χ0v) is 26.9. The van der Waals surface area contributed by atoms with Gasteiger partial charge in [0.15, 0.2) is 0 Å². The largest absolute Gasteiger partial charge is 0.491 e. The Labute approximate surface area is 274 Å². The van der Waals surface area contributed by atoms with E-state index in [1.165, 1.54) is 12.2 Å². The molecule has 47 heavy (non-hydrogen) atoms. The second-order valence-corrected chi connectivity index (χ2v) is 10.9. The van der Waals surface area contributed by atoms with Crippen LogP contribution >= 0.6 is 0 Å². The Balaban J connectivity index is 1.74. The van der Waals surface area contributed by atoms with Gasteiger partial charge in [0.25, 0.3) is 0 Å². The number of carbonyl (C=O) groups is 4. The molecular formula is C35H44O12. The summed E-state index contributed by atoms with van der Waals surface area (Å²) in [6.45, 7) is 10.4. The van der Waals surface area contributed by atoms with Crippen LogP contribution < -0.4 is 9.47 Å². The van der Waals surface area contributed by atoms with Gasteiger partial charge in [-0.25, -0.2) is 0 Å². The highest BCUT2D eigenvalue weighted by atomic mass is 16.6. The van der Waals surface area contributed by atoms with Gasteiger partial charge in [-0.05, 0) is 35.4 Å². The predicted molar refractivity (Wildman–Crippen MR) is 171 cm³/mol. The molecule has 0 saturated carbocycles. The van der Waals surface area contributed by atoms with Gasteiger partial charge < -0.3 is 38.6 Å². The zero-order chi connectivity index (χ0) is 34.7. The molecular weight excluding hydrogens is 612 g/mol. The van der Waals surface area contributed by atoms with Gasteiger partial charge in [0, 0.05) is 5.41 Å². The summed E-state index contributed by atoms with van der Waals surface area (Å²) in [5.41, 5.74) is 1.63. The number of esters is 4. The highest BCUT2D eigenvalue weighted by Crippen LogP contribution is 2.33. The molecule has 0 saturated heterocycles. The zero-order valence-electron chi connectivity index (χ0n) is 26.9. The number of ether oxygens (including phenoxy) is 6. The fraction of sp³-hybridized carbons (Fsp3) is 0.429. The Morgan fingerprint density at radius 1 is 0.596 bits per heavy atom. The summed E-state index contributed by atoms with van der Waals surface area (Å²) < 4.78 is 30.8. The number of rotatable bonds is 22. The van der Waals surface area contributed by atoms with Gasteiger partial charge in [-0.2, -0.15) is 0 Å². The van der Waals surface area contributed by atoms with Crippen LogP contribution in [0.4, 0.5) is 0 Å². The second kappa shape index (κ2) is 20.4. The van der Waals surface area contributed by atoms with Crippen molar-refractivity contribution in [3.63, 3.8) is 0 Å². The Kier molecular flexibility index (Phi) is 16.7. The first kappa shape index (κ1) is 38.5. The predicted octanol–water partition coefficient (Wildman–Crippen LogP) is 3.60. The molecule has 0 aliphatic carbocycles. The molecule has 12 nitrogen and oxygen atoms in total. The number of aliphatic hydroxyl groups is 2.